The predicted molar refractivity (Wildman–Crippen MR) is 104 cm³/mol. The molecule has 2 aromatic rings. The summed E-state index contributed by atoms with van der Waals surface area (Å²) in [7, 11) is 1.52. The van der Waals surface area contributed by atoms with E-state index in [9.17, 15) is 10.1 Å². The molecule has 6 heteroatoms. The van der Waals surface area contributed by atoms with Crippen LogP contribution in [-0.4, -0.2) is 30.9 Å². The van der Waals surface area contributed by atoms with Crippen molar-refractivity contribution < 1.29 is 14.3 Å². The monoisotopic (exact) mass is 450 g/mol. The fraction of sp³-hybridized carbons (Fsp3) is 0.263. The average molecular weight is 450 g/mol. The second kappa shape index (κ2) is 8.83. The molecule has 0 amide bonds. The molecule has 0 saturated heterocycles. The Morgan fingerprint density at radius 1 is 1.28 bits per heavy atom. The van der Waals surface area contributed by atoms with Gasteiger partial charge in [-0.25, -0.2) is 4.79 Å². The molecule has 1 aromatic heterocycles. The van der Waals surface area contributed by atoms with Gasteiger partial charge >= 0.3 is 5.97 Å². The quantitative estimate of drug-likeness (QED) is 0.221. The van der Waals surface area contributed by atoms with Crippen molar-refractivity contribution in [3.05, 3.63) is 56.4 Å². The molecular weight excluding hydrogens is 431 g/mol. The van der Waals surface area contributed by atoms with Gasteiger partial charge in [-0.15, -0.1) is 0 Å². The van der Waals surface area contributed by atoms with E-state index in [1.165, 1.54) is 7.11 Å². The van der Waals surface area contributed by atoms with Crippen molar-refractivity contribution in [1.82, 2.24) is 4.57 Å². The van der Waals surface area contributed by atoms with Gasteiger partial charge in [-0.05, 0) is 78.4 Å². The number of carbonyl (C=O) groups is 1. The van der Waals surface area contributed by atoms with E-state index in [-0.39, 0.29) is 12.2 Å². The topological polar surface area (TPSA) is 64.2 Å². The number of carbonyl (C=O) groups excluding carboxylic acids is 1. The third-order valence-electron chi connectivity index (χ3n) is 3.72. The predicted octanol–water partition coefficient (Wildman–Crippen LogP) is 3.80. The zero-order valence-electron chi connectivity index (χ0n) is 14.4. The normalized spacial score (nSPS) is 11.2. The minimum absolute atomic E-state index is 0.0287. The highest BCUT2D eigenvalue weighted by atomic mass is 127. The zero-order valence-corrected chi connectivity index (χ0v) is 16.5. The van der Waals surface area contributed by atoms with Crippen molar-refractivity contribution in [2.24, 2.45) is 0 Å². The Morgan fingerprint density at radius 3 is 2.56 bits per heavy atom. The van der Waals surface area contributed by atoms with Crippen LogP contribution in [0.15, 0.2) is 35.9 Å². The van der Waals surface area contributed by atoms with Crippen molar-refractivity contribution in [2.75, 3.05) is 20.3 Å². The van der Waals surface area contributed by atoms with Gasteiger partial charge in [-0.3, -0.25) is 0 Å². The molecular formula is C19H19IN2O3. The van der Waals surface area contributed by atoms with E-state index < -0.39 is 5.97 Å². The lowest BCUT2D eigenvalue weighted by molar-refractivity contribution is -0.139. The number of nitrogens with zero attached hydrogens (tertiary/aromatic N) is 2. The van der Waals surface area contributed by atoms with Crippen LogP contribution in [0.25, 0.3) is 11.8 Å². The summed E-state index contributed by atoms with van der Waals surface area (Å²) in [4.78, 5) is 12.0. The van der Waals surface area contributed by atoms with Gasteiger partial charge < -0.3 is 14.0 Å². The Kier molecular flexibility index (Phi) is 6.79. The molecule has 0 aliphatic carbocycles. The molecule has 0 bridgehead atoms. The van der Waals surface area contributed by atoms with Gasteiger partial charge in [0.15, 0.2) is 0 Å². The van der Waals surface area contributed by atoms with Crippen LogP contribution in [0.4, 0.5) is 0 Å². The van der Waals surface area contributed by atoms with Crippen molar-refractivity contribution in [1.29, 1.82) is 5.26 Å². The molecule has 2 rings (SSSR count). The van der Waals surface area contributed by atoms with Gasteiger partial charge in [0, 0.05) is 27.8 Å². The Balaban J connectivity index is 2.33. The number of aromatic nitrogens is 1. The molecule has 0 atom stereocenters. The molecule has 0 aliphatic rings. The van der Waals surface area contributed by atoms with Crippen LogP contribution >= 0.6 is 22.6 Å². The third kappa shape index (κ3) is 4.71. The Bertz CT molecular complexity index is 830. The minimum atomic E-state index is -0.640. The number of rotatable bonds is 6. The molecule has 0 saturated carbocycles. The highest BCUT2D eigenvalue weighted by Gasteiger charge is 2.14. The van der Waals surface area contributed by atoms with Gasteiger partial charge in [0.25, 0.3) is 0 Å². The first-order valence-electron chi connectivity index (χ1n) is 7.70. The maximum atomic E-state index is 12.0. The molecule has 0 N–H and O–H groups in total. The first-order valence-corrected chi connectivity index (χ1v) is 8.78. The minimum Gasteiger partial charge on any atom is -0.459 e. The molecule has 1 heterocycles. The van der Waals surface area contributed by atoms with E-state index in [0.29, 0.717) is 6.61 Å². The number of aryl methyl sites for hydroxylation is 1. The van der Waals surface area contributed by atoms with Gasteiger partial charge in [0.1, 0.15) is 18.2 Å². The molecule has 5 nitrogen and oxygen atoms in total. The molecule has 0 aliphatic heterocycles. The largest absolute Gasteiger partial charge is 0.459 e. The number of hydrogen-bond donors (Lipinski definition) is 0. The van der Waals surface area contributed by atoms with E-state index in [0.717, 1.165) is 26.2 Å². The Labute approximate surface area is 161 Å². The first kappa shape index (κ1) is 19.2. The Hall–Kier alpha value is -2.11. The summed E-state index contributed by atoms with van der Waals surface area (Å²) < 4.78 is 13.1. The van der Waals surface area contributed by atoms with Crippen molar-refractivity contribution in [3.8, 4) is 11.8 Å². The van der Waals surface area contributed by atoms with Crippen molar-refractivity contribution in [2.45, 2.75) is 13.8 Å². The fourth-order valence-electron chi connectivity index (χ4n) is 2.51. The fourth-order valence-corrected chi connectivity index (χ4v) is 2.87. The van der Waals surface area contributed by atoms with Gasteiger partial charge in [-0.1, -0.05) is 0 Å². The van der Waals surface area contributed by atoms with Gasteiger partial charge in [-0.2, -0.15) is 5.26 Å². The van der Waals surface area contributed by atoms with Crippen LogP contribution in [-0.2, 0) is 14.3 Å². The lowest BCUT2D eigenvalue weighted by Crippen LogP contribution is -2.11. The summed E-state index contributed by atoms with van der Waals surface area (Å²) >= 11 is 2.27. The van der Waals surface area contributed by atoms with Crippen LogP contribution in [0.2, 0.25) is 0 Å². The van der Waals surface area contributed by atoms with Crippen LogP contribution in [0.3, 0.4) is 0 Å². The van der Waals surface area contributed by atoms with E-state index in [2.05, 4.69) is 27.2 Å². The SMILES string of the molecule is COCCOC(=O)/C(C#N)=C\c1cc(C)n(-c2ccc(I)cc2)c1C. The second-order valence-electron chi connectivity index (χ2n) is 5.44. The number of hydrogen-bond acceptors (Lipinski definition) is 4. The van der Waals surface area contributed by atoms with Gasteiger partial charge in [0.2, 0.25) is 0 Å². The summed E-state index contributed by atoms with van der Waals surface area (Å²) in [6.45, 7) is 4.37. The second-order valence-corrected chi connectivity index (χ2v) is 6.68. The summed E-state index contributed by atoms with van der Waals surface area (Å²) in [5.41, 5.74) is 3.80. The highest BCUT2D eigenvalue weighted by Crippen LogP contribution is 2.23. The summed E-state index contributed by atoms with van der Waals surface area (Å²) in [5, 5.41) is 9.27. The smallest absolute Gasteiger partial charge is 0.348 e. The highest BCUT2D eigenvalue weighted by molar-refractivity contribution is 14.1. The standard InChI is InChI=1S/C19H19IN2O3/c1-13-10-15(11-16(12-21)19(23)25-9-8-24-3)14(2)22(13)18-6-4-17(20)5-7-18/h4-7,10-11H,8-9H2,1-3H3/b16-11-. The van der Waals surface area contributed by atoms with Crippen molar-refractivity contribution >= 4 is 34.6 Å². The third-order valence-corrected chi connectivity index (χ3v) is 4.44. The van der Waals surface area contributed by atoms with Crippen molar-refractivity contribution in [3.63, 3.8) is 0 Å². The average Bonchev–Trinajstić information content (AvgIpc) is 2.87. The first-order chi connectivity index (χ1) is 12.0. The lowest BCUT2D eigenvalue weighted by atomic mass is 10.1. The van der Waals surface area contributed by atoms with Crippen LogP contribution in [0, 0.1) is 28.7 Å². The zero-order chi connectivity index (χ0) is 18.4. The van der Waals surface area contributed by atoms with Crippen LogP contribution in [0.1, 0.15) is 17.0 Å². The van der Waals surface area contributed by atoms with Crippen LogP contribution < -0.4 is 0 Å². The molecule has 0 radical (unpaired) electrons. The summed E-state index contributed by atoms with van der Waals surface area (Å²) in [6.07, 6.45) is 1.57. The maximum absolute atomic E-state index is 12.0. The molecule has 1 aromatic carbocycles. The Morgan fingerprint density at radius 2 is 1.96 bits per heavy atom. The molecule has 130 valence electrons. The molecule has 0 spiro atoms. The van der Waals surface area contributed by atoms with Gasteiger partial charge in [0.05, 0.1) is 6.61 Å². The number of ether oxygens (including phenoxy) is 2. The molecule has 0 fully saturated rings. The lowest BCUT2D eigenvalue weighted by Gasteiger charge is -2.09. The number of benzene rings is 1. The van der Waals surface area contributed by atoms with E-state index in [4.69, 9.17) is 9.47 Å². The number of halogens is 1. The molecule has 0 unspecified atom stereocenters. The summed E-state index contributed by atoms with van der Waals surface area (Å²) in [5.74, 6) is -0.640. The maximum Gasteiger partial charge on any atom is 0.348 e. The number of methoxy groups -OCH3 is 1. The van der Waals surface area contributed by atoms with E-state index in [1.807, 2.05) is 50.2 Å². The number of nitriles is 1. The summed E-state index contributed by atoms with van der Waals surface area (Å²) in [6, 6.07) is 12.0. The van der Waals surface area contributed by atoms with E-state index in [1.54, 1.807) is 6.08 Å². The van der Waals surface area contributed by atoms with E-state index >= 15 is 0 Å². The molecule has 25 heavy (non-hydrogen) atoms. The van der Waals surface area contributed by atoms with Crippen LogP contribution in [0.5, 0.6) is 0 Å². The number of esters is 1.